The third-order valence-corrected chi connectivity index (χ3v) is 3.20. The highest BCUT2D eigenvalue weighted by Gasteiger charge is 2.18. The number of nitrogens with zero attached hydrogens (tertiary/aromatic N) is 1. The van der Waals surface area contributed by atoms with Gasteiger partial charge in [0.15, 0.2) is 11.5 Å². The van der Waals surface area contributed by atoms with Gasteiger partial charge in [-0.05, 0) is 17.7 Å². The van der Waals surface area contributed by atoms with Crippen molar-refractivity contribution >= 4 is 5.97 Å². The van der Waals surface area contributed by atoms with Crippen LogP contribution >= 0.6 is 0 Å². The summed E-state index contributed by atoms with van der Waals surface area (Å²) in [5, 5.41) is 22.1. The summed E-state index contributed by atoms with van der Waals surface area (Å²) in [4.78, 5) is 13.3. The summed E-state index contributed by atoms with van der Waals surface area (Å²) in [5.74, 6) is -1.28. The Morgan fingerprint density at radius 1 is 1.42 bits per heavy atom. The van der Waals surface area contributed by atoms with Crippen molar-refractivity contribution in [3.8, 4) is 11.5 Å². The van der Waals surface area contributed by atoms with E-state index in [1.165, 1.54) is 13.2 Å². The van der Waals surface area contributed by atoms with E-state index in [4.69, 9.17) is 9.84 Å². The first-order chi connectivity index (χ1) is 9.11. The minimum absolute atomic E-state index is 0.121. The average molecular weight is 266 g/mol. The lowest BCUT2D eigenvalue weighted by Gasteiger charge is -2.27. The van der Waals surface area contributed by atoms with Crippen LogP contribution in [0.2, 0.25) is 0 Å². The van der Waals surface area contributed by atoms with Gasteiger partial charge in [0.1, 0.15) is 5.56 Å². The van der Waals surface area contributed by atoms with E-state index >= 15 is 0 Å². The maximum absolute atomic E-state index is 11.1. The minimum Gasteiger partial charge on any atom is -0.504 e. The van der Waals surface area contributed by atoms with Crippen molar-refractivity contribution in [3.05, 3.63) is 23.3 Å². The van der Waals surface area contributed by atoms with E-state index in [1.54, 1.807) is 6.07 Å². The number of aromatic hydroxyl groups is 1. The van der Waals surface area contributed by atoms with Crippen molar-refractivity contribution in [1.29, 1.82) is 0 Å². The molecule has 1 aromatic rings. The minimum atomic E-state index is -1.15. The first-order valence-corrected chi connectivity index (χ1v) is 6.18. The van der Waals surface area contributed by atoms with Crippen LogP contribution in [-0.2, 0) is 6.54 Å². The molecular weight excluding hydrogens is 248 g/mol. The number of methoxy groups -OCH3 is 1. The lowest BCUT2D eigenvalue weighted by molar-refractivity contribution is 0.0692. The lowest BCUT2D eigenvalue weighted by Crippen LogP contribution is -2.42. The molecule has 19 heavy (non-hydrogen) atoms. The van der Waals surface area contributed by atoms with Crippen LogP contribution in [0.3, 0.4) is 0 Å². The number of hydrogen-bond donors (Lipinski definition) is 3. The summed E-state index contributed by atoms with van der Waals surface area (Å²) in [6.45, 7) is 4.36. The van der Waals surface area contributed by atoms with Crippen LogP contribution in [0, 0.1) is 0 Å². The number of piperazine rings is 1. The van der Waals surface area contributed by atoms with Crippen molar-refractivity contribution in [2.24, 2.45) is 0 Å². The maximum atomic E-state index is 11.1. The predicted octanol–water partition coefficient (Wildman–Crippen LogP) is 0.504. The molecule has 1 aliphatic rings. The molecule has 1 saturated heterocycles. The molecule has 0 bridgehead atoms. The van der Waals surface area contributed by atoms with Crippen molar-refractivity contribution in [2.45, 2.75) is 6.54 Å². The molecule has 6 nitrogen and oxygen atoms in total. The van der Waals surface area contributed by atoms with Crippen molar-refractivity contribution in [1.82, 2.24) is 10.2 Å². The van der Waals surface area contributed by atoms with Gasteiger partial charge >= 0.3 is 5.97 Å². The quantitative estimate of drug-likeness (QED) is 0.736. The van der Waals surface area contributed by atoms with E-state index in [1.807, 2.05) is 0 Å². The van der Waals surface area contributed by atoms with E-state index in [9.17, 15) is 9.90 Å². The van der Waals surface area contributed by atoms with Crippen LogP contribution in [0.25, 0.3) is 0 Å². The number of nitrogens with one attached hydrogen (secondary N) is 1. The predicted molar refractivity (Wildman–Crippen MR) is 69.8 cm³/mol. The first-order valence-electron chi connectivity index (χ1n) is 6.18. The number of phenols is 1. The Balaban J connectivity index is 2.24. The smallest absolute Gasteiger partial charge is 0.339 e. The molecule has 0 radical (unpaired) electrons. The van der Waals surface area contributed by atoms with Crippen molar-refractivity contribution in [3.63, 3.8) is 0 Å². The summed E-state index contributed by atoms with van der Waals surface area (Å²) in [6, 6.07) is 3.19. The molecule has 1 aromatic carbocycles. The van der Waals surface area contributed by atoms with Gasteiger partial charge in [-0.1, -0.05) is 0 Å². The third-order valence-electron chi connectivity index (χ3n) is 3.20. The average Bonchev–Trinajstić information content (AvgIpc) is 2.41. The van der Waals surface area contributed by atoms with Gasteiger partial charge in [-0.3, -0.25) is 4.90 Å². The molecule has 0 saturated carbocycles. The van der Waals surface area contributed by atoms with Gasteiger partial charge in [0.2, 0.25) is 0 Å². The molecule has 0 amide bonds. The largest absolute Gasteiger partial charge is 0.504 e. The molecule has 0 atom stereocenters. The number of ether oxygens (including phenoxy) is 1. The van der Waals surface area contributed by atoms with Crippen LogP contribution in [0.4, 0.5) is 0 Å². The number of aromatic carboxylic acids is 1. The number of carbonyl (C=O) groups is 1. The van der Waals surface area contributed by atoms with Gasteiger partial charge in [0.25, 0.3) is 0 Å². The SMILES string of the molecule is COc1cc(CN2CCNCC2)cc(C(=O)O)c1O. The molecule has 104 valence electrons. The highest BCUT2D eigenvalue weighted by atomic mass is 16.5. The molecule has 1 fully saturated rings. The Hall–Kier alpha value is -1.79. The molecular formula is C13H18N2O4. The van der Waals surface area contributed by atoms with Gasteiger partial charge in [-0.2, -0.15) is 0 Å². The number of benzene rings is 1. The van der Waals surface area contributed by atoms with Gasteiger partial charge in [-0.25, -0.2) is 4.79 Å². The Morgan fingerprint density at radius 3 is 2.68 bits per heavy atom. The van der Waals surface area contributed by atoms with Gasteiger partial charge in [-0.15, -0.1) is 0 Å². The zero-order valence-corrected chi connectivity index (χ0v) is 10.8. The number of hydrogen-bond acceptors (Lipinski definition) is 5. The standard InChI is InChI=1S/C13H18N2O4/c1-19-11-7-9(6-10(12(11)16)13(17)18)8-15-4-2-14-3-5-15/h6-7,14,16H,2-5,8H2,1H3,(H,17,18). The van der Waals surface area contributed by atoms with Crippen molar-refractivity contribution in [2.75, 3.05) is 33.3 Å². The Labute approximate surface area is 111 Å². The molecule has 6 heteroatoms. The van der Waals surface area contributed by atoms with Crippen LogP contribution in [0.15, 0.2) is 12.1 Å². The fourth-order valence-electron chi connectivity index (χ4n) is 2.20. The summed E-state index contributed by atoms with van der Waals surface area (Å²) >= 11 is 0. The van der Waals surface area contributed by atoms with E-state index in [0.29, 0.717) is 6.54 Å². The molecule has 0 spiro atoms. The lowest BCUT2D eigenvalue weighted by atomic mass is 10.1. The summed E-state index contributed by atoms with van der Waals surface area (Å²) in [6.07, 6.45) is 0. The third kappa shape index (κ3) is 3.15. The normalized spacial score (nSPS) is 16.3. The topological polar surface area (TPSA) is 82.0 Å². The molecule has 0 aromatic heterocycles. The van der Waals surface area contributed by atoms with Gasteiger partial charge < -0.3 is 20.3 Å². The monoisotopic (exact) mass is 266 g/mol. The Kier molecular flexibility index (Phi) is 4.24. The fraction of sp³-hybridized carbons (Fsp3) is 0.462. The molecule has 3 N–H and O–H groups in total. The van der Waals surface area contributed by atoms with Crippen LogP contribution in [0.1, 0.15) is 15.9 Å². The Morgan fingerprint density at radius 2 is 2.11 bits per heavy atom. The van der Waals surface area contributed by atoms with Gasteiger partial charge in [0.05, 0.1) is 7.11 Å². The summed E-state index contributed by atoms with van der Waals surface area (Å²) < 4.78 is 5.02. The zero-order chi connectivity index (χ0) is 13.8. The van der Waals surface area contributed by atoms with E-state index in [-0.39, 0.29) is 17.1 Å². The molecule has 1 aliphatic heterocycles. The fourth-order valence-corrected chi connectivity index (χ4v) is 2.20. The summed E-state index contributed by atoms with van der Waals surface area (Å²) in [7, 11) is 1.41. The highest BCUT2D eigenvalue weighted by Crippen LogP contribution is 2.31. The highest BCUT2D eigenvalue weighted by molar-refractivity contribution is 5.92. The summed E-state index contributed by atoms with van der Waals surface area (Å²) in [5.41, 5.74) is 0.707. The van der Waals surface area contributed by atoms with E-state index < -0.39 is 5.97 Å². The van der Waals surface area contributed by atoms with Crippen LogP contribution in [-0.4, -0.2) is 54.4 Å². The maximum Gasteiger partial charge on any atom is 0.339 e. The van der Waals surface area contributed by atoms with Crippen LogP contribution < -0.4 is 10.1 Å². The second-order valence-electron chi connectivity index (χ2n) is 4.53. The molecule has 1 heterocycles. The van der Waals surface area contributed by atoms with Crippen LogP contribution in [0.5, 0.6) is 11.5 Å². The van der Waals surface area contributed by atoms with Crippen molar-refractivity contribution < 1.29 is 19.7 Å². The molecule has 0 unspecified atom stereocenters. The number of carboxylic acids is 1. The first kappa shape index (κ1) is 13.6. The molecule has 0 aliphatic carbocycles. The molecule has 2 rings (SSSR count). The van der Waals surface area contributed by atoms with Gasteiger partial charge in [0, 0.05) is 32.7 Å². The number of rotatable bonds is 4. The Bertz CT molecular complexity index is 470. The van der Waals surface area contributed by atoms with E-state index in [2.05, 4.69) is 10.2 Å². The zero-order valence-electron chi connectivity index (χ0n) is 10.8. The second kappa shape index (κ2) is 5.90. The van der Waals surface area contributed by atoms with E-state index in [0.717, 1.165) is 31.7 Å². The second-order valence-corrected chi connectivity index (χ2v) is 4.53. The number of carboxylic acid groups (broad SMARTS) is 1.